The van der Waals surface area contributed by atoms with Gasteiger partial charge in [-0.1, -0.05) is 6.07 Å². The van der Waals surface area contributed by atoms with E-state index in [1.54, 1.807) is 11.1 Å². The van der Waals surface area contributed by atoms with E-state index < -0.39 is 5.97 Å². The maximum atomic E-state index is 12.2. The summed E-state index contributed by atoms with van der Waals surface area (Å²) < 4.78 is 0. The van der Waals surface area contributed by atoms with Gasteiger partial charge in [-0.15, -0.1) is 0 Å². The summed E-state index contributed by atoms with van der Waals surface area (Å²) in [5.41, 5.74) is 0.829. The minimum absolute atomic E-state index is 0.0123. The summed E-state index contributed by atoms with van der Waals surface area (Å²) in [4.78, 5) is 30.7. The van der Waals surface area contributed by atoms with Crippen molar-refractivity contribution >= 4 is 11.9 Å². The molecule has 1 rings (SSSR count). The molecule has 6 nitrogen and oxygen atoms in total. The van der Waals surface area contributed by atoms with Crippen molar-refractivity contribution in [2.24, 2.45) is 0 Å². The molecule has 1 heterocycles. The molecule has 0 atom stereocenters. The number of likely N-dealkylation sites (N-methyl/N-ethyl adjacent to an activating group) is 1. The Bertz CT molecular complexity index is 447. The fourth-order valence-corrected chi connectivity index (χ4v) is 2.06. The van der Waals surface area contributed by atoms with Gasteiger partial charge in [-0.25, -0.2) is 0 Å². The standard InChI is InChI=1S/C15H23N3O3/c1-3-18(4-2)14(19)12-17(10-8-15(20)21)11-13-7-5-6-9-16-13/h5-7,9H,3-4,8,10-12H2,1-2H3,(H,20,21). The van der Waals surface area contributed by atoms with Gasteiger partial charge in [0.15, 0.2) is 0 Å². The molecule has 0 aliphatic heterocycles. The van der Waals surface area contributed by atoms with Crippen LogP contribution in [0.3, 0.4) is 0 Å². The summed E-state index contributed by atoms with van der Waals surface area (Å²) in [5.74, 6) is -0.849. The molecule has 0 unspecified atom stereocenters. The van der Waals surface area contributed by atoms with E-state index in [-0.39, 0.29) is 18.9 Å². The van der Waals surface area contributed by atoms with Gasteiger partial charge < -0.3 is 10.0 Å². The lowest BCUT2D eigenvalue weighted by molar-refractivity contribution is -0.138. The molecule has 1 N–H and O–H groups in total. The fourth-order valence-electron chi connectivity index (χ4n) is 2.06. The van der Waals surface area contributed by atoms with Crippen LogP contribution in [0.25, 0.3) is 0 Å². The van der Waals surface area contributed by atoms with Crippen LogP contribution >= 0.6 is 0 Å². The Morgan fingerprint density at radius 3 is 2.48 bits per heavy atom. The second kappa shape index (κ2) is 9.07. The Kier molecular flexibility index (Phi) is 7.39. The molecular weight excluding hydrogens is 270 g/mol. The van der Waals surface area contributed by atoms with Crippen molar-refractivity contribution in [2.45, 2.75) is 26.8 Å². The van der Waals surface area contributed by atoms with Crippen LogP contribution in [0.15, 0.2) is 24.4 Å². The highest BCUT2D eigenvalue weighted by Crippen LogP contribution is 2.04. The van der Waals surface area contributed by atoms with E-state index >= 15 is 0 Å². The number of carbonyl (C=O) groups excluding carboxylic acids is 1. The van der Waals surface area contributed by atoms with E-state index in [0.717, 1.165) is 5.69 Å². The first-order chi connectivity index (χ1) is 10.1. The molecule has 1 aromatic heterocycles. The van der Waals surface area contributed by atoms with Crippen LogP contribution in [0.4, 0.5) is 0 Å². The van der Waals surface area contributed by atoms with Crippen molar-refractivity contribution < 1.29 is 14.7 Å². The Morgan fingerprint density at radius 2 is 1.95 bits per heavy atom. The number of carboxylic acids is 1. The second-order valence-electron chi connectivity index (χ2n) is 4.74. The van der Waals surface area contributed by atoms with Gasteiger partial charge in [0.05, 0.1) is 18.7 Å². The van der Waals surface area contributed by atoms with Gasteiger partial charge in [0.1, 0.15) is 0 Å². The van der Waals surface area contributed by atoms with Crippen molar-refractivity contribution in [3.8, 4) is 0 Å². The number of aliphatic carboxylic acids is 1. The maximum Gasteiger partial charge on any atom is 0.304 e. The number of amides is 1. The van der Waals surface area contributed by atoms with Gasteiger partial charge in [0.25, 0.3) is 0 Å². The average Bonchev–Trinajstić information content (AvgIpc) is 2.47. The molecule has 116 valence electrons. The summed E-state index contributed by atoms with van der Waals surface area (Å²) in [6.45, 7) is 6.20. The molecule has 1 amide bonds. The zero-order valence-corrected chi connectivity index (χ0v) is 12.7. The number of aromatic nitrogens is 1. The van der Waals surface area contributed by atoms with E-state index in [2.05, 4.69) is 4.98 Å². The first kappa shape index (κ1) is 17.1. The van der Waals surface area contributed by atoms with Gasteiger partial charge in [-0.2, -0.15) is 0 Å². The third-order valence-corrected chi connectivity index (χ3v) is 3.23. The summed E-state index contributed by atoms with van der Waals surface area (Å²) in [6, 6.07) is 5.58. The Hall–Kier alpha value is -1.95. The summed E-state index contributed by atoms with van der Waals surface area (Å²) in [7, 11) is 0. The minimum Gasteiger partial charge on any atom is -0.481 e. The predicted octanol–water partition coefficient (Wildman–Crippen LogP) is 1.23. The maximum absolute atomic E-state index is 12.2. The molecular formula is C15H23N3O3. The quantitative estimate of drug-likeness (QED) is 0.741. The number of carboxylic acid groups (broad SMARTS) is 1. The molecule has 0 saturated heterocycles. The van der Waals surface area contributed by atoms with Crippen molar-refractivity contribution in [1.82, 2.24) is 14.8 Å². The van der Waals surface area contributed by atoms with Crippen LogP contribution in [-0.4, -0.2) is 57.9 Å². The molecule has 0 saturated carbocycles. The summed E-state index contributed by atoms with van der Waals surface area (Å²) in [5, 5.41) is 8.83. The van der Waals surface area contributed by atoms with Crippen LogP contribution in [0.1, 0.15) is 26.0 Å². The van der Waals surface area contributed by atoms with Gasteiger partial charge in [-0.05, 0) is 26.0 Å². The van der Waals surface area contributed by atoms with E-state index in [9.17, 15) is 9.59 Å². The van der Waals surface area contributed by atoms with Crippen molar-refractivity contribution in [1.29, 1.82) is 0 Å². The van der Waals surface area contributed by atoms with Crippen LogP contribution < -0.4 is 0 Å². The normalized spacial score (nSPS) is 10.6. The molecule has 0 bridgehead atoms. The summed E-state index contributed by atoms with van der Waals surface area (Å²) in [6.07, 6.45) is 1.70. The Labute approximate surface area is 125 Å². The van der Waals surface area contributed by atoms with Gasteiger partial charge >= 0.3 is 5.97 Å². The number of carbonyl (C=O) groups is 2. The molecule has 1 aromatic rings. The topological polar surface area (TPSA) is 73.7 Å². The SMILES string of the molecule is CCN(CC)C(=O)CN(CCC(=O)O)Cc1ccccn1. The third kappa shape index (κ3) is 6.35. The first-order valence-corrected chi connectivity index (χ1v) is 7.18. The number of hydrogen-bond acceptors (Lipinski definition) is 4. The lowest BCUT2D eigenvalue weighted by atomic mass is 10.3. The highest BCUT2D eigenvalue weighted by molar-refractivity contribution is 5.78. The monoisotopic (exact) mass is 293 g/mol. The smallest absolute Gasteiger partial charge is 0.304 e. The van der Waals surface area contributed by atoms with Crippen LogP contribution in [-0.2, 0) is 16.1 Å². The number of hydrogen-bond donors (Lipinski definition) is 1. The van der Waals surface area contributed by atoms with Crippen LogP contribution in [0.5, 0.6) is 0 Å². The third-order valence-electron chi connectivity index (χ3n) is 3.23. The fraction of sp³-hybridized carbons (Fsp3) is 0.533. The van der Waals surface area contributed by atoms with E-state index in [1.807, 2.05) is 36.9 Å². The highest BCUT2D eigenvalue weighted by Gasteiger charge is 2.16. The molecule has 0 fully saturated rings. The van der Waals surface area contributed by atoms with Gasteiger partial charge in [0.2, 0.25) is 5.91 Å². The molecule has 0 aliphatic carbocycles. The van der Waals surface area contributed by atoms with E-state index in [0.29, 0.717) is 26.2 Å². The van der Waals surface area contributed by atoms with Crippen molar-refractivity contribution in [2.75, 3.05) is 26.2 Å². The highest BCUT2D eigenvalue weighted by atomic mass is 16.4. The van der Waals surface area contributed by atoms with Crippen molar-refractivity contribution in [3.05, 3.63) is 30.1 Å². The molecule has 0 spiro atoms. The van der Waals surface area contributed by atoms with Gasteiger partial charge in [-0.3, -0.25) is 19.5 Å². The lowest BCUT2D eigenvalue weighted by Crippen LogP contribution is -2.40. The second-order valence-corrected chi connectivity index (χ2v) is 4.74. The molecule has 0 aromatic carbocycles. The molecule has 0 aliphatic rings. The average molecular weight is 293 g/mol. The summed E-state index contributed by atoms with van der Waals surface area (Å²) >= 11 is 0. The molecule has 0 radical (unpaired) electrons. The van der Waals surface area contributed by atoms with Crippen LogP contribution in [0, 0.1) is 0 Å². The Morgan fingerprint density at radius 1 is 1.24 bits per heavy atom. The zero-order valence-electron chi connectivity index (χ0n) is 12.7. The Balaban J connectivity index is 2.67. The minimum atomic E-state index is -0.865. The predicted molar refractivity (Wildman–Crippen MR) is 79.7 cm³/mol. The lowest BCUT2D eigenvalue weighted by Gasteiger charge is -2.25. The molecule has 21 heavy (non-hydrogen) atoms. The number of rotatable bonds is 9. The zero-order chi connectivity index (χ0) is 15.7. The molecule has 6 heteroatoms. The van der Waals surface area contributed by atoms with Gasteiger partial charge in [0, 0.05) is 32.4 Å². The van der Waals surface area contributed by atoms with E-state index in [1.165, 1.54) is 0 Å². The van der Waals surface area contributed by atoms with Crippen molar-refractivity contribution in [3.63, 3.8) is 0 Å². The van der Waals surface area contributed by atoms with Crippen LogP contribution in [0.2, 0.25) is 0 Å². The van der Waals surface area contributed by atoms with E-state index in [4.69, 9.17) is 5.11 Å². The largest absolute Gasteiger partial charge is 0.481 e. The number of pyridine rings is 1. The number of nitrogens with zero attached hydrogens (tertiary/aromatic N) is 3. The first-order valence-electron chi connectivity index (χ1n) is 7.18.